The molecule has 3 atom stereocenters. The first kappa shape index (κ1) is 82.7. The first-order valence-corrected chi connectivity index (χ1v) is 37.2. The van der Waals surface area contributed by atoms with E-state index in [4.69, 9.17) is 13.8 Å². The topological polar surface area (TPSA) is 114 Å². The second-order valence-corrected chi connectivity index (χ2v) is 26.4. The van der Waals surface area contributed by atoms with Crippen LogP contribution in [-0.4, -0.2) is 69.4 Å². The Morgan fingerprint density at radius 1 is 0.419 bits per heavy atom. The van der Waals surface area contributed by atoms with Gasteiger partial charge >= 0.3 is 5.97 Å². The fourth-order valence-electron chi connectivity index (χ4n) is 9.97. The molecule has 0 heterocycles. The Balaban J connectivity index is 5.10. The summed E-state index contributed by atoms with van der Waals surface area (Å²) in [6.07, 6.45) is 89.2. The van der Waals surface area contributed by atoms with Crippen LogP contribution in [0.2, 0.25) is 0 Å². The third-order valence-corrected chi connectivity index (χ3v) is 16.4. The summed E-state index contributed by atoms with van der Waals surface area (Å²) >= 11 is 0. The lowest BCUT2D eigenvalue weighted by molar-refractivity contribution is -0.870. The van der Waals surface area contributed by atoms with Crippen molar-refractivity contribution in [1.82, 2.24) is 5.32 Å². The summed E-state index contributed by atoms with van der Waals surface area (Å²) < 4.78 is 30.4. The van der Waals surface area contributed by atoms with Gasteiger partial charge in [-0.3, -0.25) is 14.2 Å². The number of unbranched alkanes of at least 4 members (excludes halogenated alkanes) is 32. The zero-order chi connectivity index (χ0) is 62.8. The maximum atomic E-state index is 13.6. The number of phosphoric acid groups is 1. The number of phosphoric ester groups is 1. The predicted molar refractivity (Wildman–Crippen MR) is 371 cm³/mol. The molecule has 1 amide bonds. The average molecular weight is 1220 g/mol. The van der Waals surface area contributed by atoms with Crippen LogP contribution in [0.1, 0.15) is 310 Å². The van der Waals surface area contributed by atoms with Gasteiger partial charge in [-0.25, -0.2) is 0 Å². The van der Waals surface area contributed by atoms with Crippen molar-refractivity contribution in [3.63, 3.8) is 0 Å². The maximum absolute atomic E-state index is 13.6. The quantitative estimate of drug-likeness (QED) is 0.0212. The molecule has 10 heteroatoms. The van der Waals surface area contributed by atoms with E-state index >= 15 is 0 Å². The van der Waals surface area contributed by atoms with Crippen molar-refractivity contribution in [2.75, 3.05) is 40.9 Å². The SMILES string of the molecule is CC/C=C\C/C=C\C/C=C\C/C=C\C/C=C\CCCCCCCCCC(=O)OC(/C=C/CCCCCCCCCCCC)C(COP(=O)([O-])OCC[N+](C)(C)C)NC(=O)CCCCCCCCCCCCCC/C=C\C/C=C\C/C=C\CCCCC. The van der Waals surface area contributed by atoms with E-state index in [9.17, 15) is 19.0 Å². The molecule has 0 radical (unpaired) electrons. The molecule has 0 bridgehead atoms. The van der Waals surface area contributed by atoms with Gasteiger partial charge in [0.25, 0.3) is 7.82 Å². The van der Waals surface area contributed by atoms with Crippen LogP contribution in [-0.2, 0) is 27.9 Å². The monoisotopic (exact) mass is 1220 g/mol. The number of quaternary nitrogens is 1. The van der Waals surface area contributed by atoms with E-state index in [1.807, 2.05) is 33.3 Å². The van der Waals surface area contributed by atoms with Gasteiger partial charge in [0.05, 0.1) is 33.8 Å². The molecular formula is C76H135N2O7P. The molecule has 0 aromatic carbocycles. The van der Waals surface area contributed by atoms with Crippen molar-refractivity contribution in [1.29, 1.82) is 0 Å². The lowest BCUT2D eigenvalue weighted by Crippen LogP contribution is -2.47. The first-order valence-electron chi connectivity index (χ1n) is 35.7. The van der Waals surface area contributed by atoms with Crippen molar-refractivity contribution >= 4 is 19.7 Å². The van der Waals surface area contributed by atoms with Gasteiger partial charge in [0.2, 0.25) is 5.91 Å². The summed E-state index contributed by atoms with van der Waals surface area (Å²) in [5.41, 5.74) is 0. The van der Waals surface area contributed by atoms with Crippen LogP contribution >= 0.6 is 7.82 Å². The van der Waals surface area contributed by atoms with Gasteiger partial charge in [-0.05, 0) is 115 Å². The Bertz CT molecular complexity index is 1840. The number of allylic oxidation sites excluding steroid dienone is 17. The van der Waals surface area contributed by atoms with Gasteiger partial charge in [-0.2, -0.15) is 0 Å². The predicted octanol–water partition coefficient (Wildman–Crippen LogP) is 22.2. The molecule has 0 saturated carbocycles. The Morgan fingerprint density at radius 3 is 1.14 bits per heavy atom. The van der Waals surface area contributed by atoms with Crippen molar-refractivity contribution in [3.05, 3.63) is 109 Å². The number of esters is 1. The van der Waals surface area contributed by atoms with Crippen LogP contribution in [0.4, 0.5) is 0 Å². The molecular weight excluding hydrogens is 1080 g/mol. The van der Waals surface area contributed by atoms with E-state index in [1.165, 1.54) is 154 Å². The molecule has 0 aliphatic carbocycles. The number of rotatable bonds is 64. The van der Waals surface area contributed by atoms with Gasteiger partial charge in [0.15, 0.2) is 0 Å². The molecule has 0 aliphatic heterocycles. The van der Waals surface area contributed by atoms with E-state index < -0.39 is 26.6 Å². The van der Waals surface area contributed by atoms with Gasteiger partial charge in [-0.1, -0.05) is 291 Å². The number of nitrogens with one attached hydrogen (secondary N) is 1. The minimum absolute atomic E-state index is 0.0290. The van der Waals surface area contributed by atoms with E-state index in [1.54, 1.807) is 0 Å². The van der Waals surface area contributed by atoms with Crippen molar-refractivity contribution in [2.24, 2.45) is 0 Å². The summed E-state index contributed by atoms with van der Waals surface area (Å²) in [6, 6.07) is -0.902. The Labute approximate surface area is 531 Å². The molecule has 86 heavy (non-hydrogen) atoms. The lowest BCUT2D eigenvalue weighted by atomic mass is 10.0. The molecule has 0 fully saturated rings. The summed E-state index contributed by atoms with van der Waals surface area (Å²) in [5, 5.41) is 3.04. The van der Waals surface area contributed by atoms with Crippen LogP contribution < -0.4 is 10.2 Å². The molecule has 3 unspecified atom stereocenters. The normalized spacial score (nSPS) is 14.2. The number of ether oxygens (including phenoxy) is 1. The molecule has 0 aliphatic rings. The zero-order valence-electron chi connectivity index (χ0n) is 56.7. The second kappa shape index (κ2) is 64.6. The maximum Gasteiger partial charge on any atom is 0.306 e. The van der Waals surface area contributed by atoms with Crippen LogP contribution in [0.25, 0.3) is 0 Å². The molecule has 0 spiro atoms. The molecule has 0 rings (SSSR count). The summed E-state index contributed by atoms with van der Waals surface area (Å²) in [7, 11) is 1.17. The number of likely N-dealkylation sites (N-methyl/N-ethyl adjacent to an activating group) is 1. The highest BCUT2D eigenvalue weighted by Crippen LogP contribution is 2.38. The number of amides is 1. The number of hydrogen-bond donors (Lipinski definition) is 1. The van der Waals surface area contributed by atoms with Crippen molar-refractivity contribution in [2.45, 2.75) is 322 Å². The minimum atomic E-state index is -4.71. The standard InChI is InChI=1S/C76H135N2O7P/c1-7-10-13-16-19-22-25-28-30-32-34-36-38-39-41-42-44-46-48-50-53-56-59-62-65-68-75(79)77-73(72-84-86(81,82)83-71-70-78(4,5)6)74(67-64-61-58-55-52-27-24-21-18-15-12-9-3)85-76(80)69-66-63-60-57-54-51-49-47-45-43-40-37-35-33-31-29-26-23-20-17-14-11-8-2/h11,14,19-20,22-23,28-31,34-37,43,45,64,67,73-74H,7-10,12-13,15-18,21,24-27,32-33,38-42,44,46-63,65-66,68-72H2,1-6H3,(H-,77,79,81,82)/b14-11-,22-19-,23-20-,30-28-,31-29-,36-34-,37-35-,45-43-,67-64+. The van der Waals surface area contributed by atoms with Gasteiger partial charge in [0, 0.05) is 12.8 Å². The van der Waals surface area contributed by atoms with Crippen molar-refractivity contribution in [3.8, 4) is 0 Å². The zero-order valence-corrected chi connectivity index (χ0v) is 57.6. The van der Waals surface area contributed by atoms with Crippen LogP contribution in [0.5, 0.6) is 0 Å². The van der Waals surface area contributed by atoms with Crippen LogP contribution in [0.3, 0.4) is 0 Å². The third kappa shape index (κ3) is 65.1. The minimum Gasteiger partial charge on any atom is -0.756 e. The highest BCUT2D eigenvalue weighted by molar-refractivity contribution is 7.45. The van der Waals surface area contributed by atoms with Gasteiger partial charge in [0.1, 0.15) is 19.3 Å². The summed E-state index contributed by atoms with van der Waals surface area (Å²) in [6.45, 7) is 6.71. The molecule has 0 aromatic heterocycles. The van der Waals surface area contributed by atoms with E-state index in [0.717, 1.165) is 116 Å². The van der Waals surface area contributed by atoms with Crippen LogP contribution in [0, 0.1) is 0 Å². The smallest absolute Gasteiger partial charge is 0.306 e. The highest BCUT2D eigenvalue weighted by Gasteiger charge is 2.27. The van der Waals surface area contributed by atoms with Crippen LogP contribution in [0.15, 0.2) is 109 Å². The summed E-state index contributed by atoms with van der Waals surface area (Å²) in [5.74, 6) is -0.554. The van der Waals surface area contributed by atoms with Gasteiger partial charge in [-0.15, -0.1) is 0 Å². The summed E-state index contributed by atoms with van der Waals surface area (Å²) in [4.78, 5) is 40.2. The number of carbonyl (C=O) groups excluding carboxylic acids is 2. The largest absolute Gasteiger partial charge is 0.756 e. The highest BCUT2D eigenvalue weighted by atomic mass is 31.2. The molecule has 1 N–H and O–H groups in total. The Kier molecular flexibility index (Phi) is 62.1. The number of hydrogen-bond acceptors (Lipinski definition) is 7. The third-order valence-electron chi connectivity index (χ3n) is 15.4. The van der Waals surface area contributed by atoms with E-state index in [-0.39, 0.29) is 24.9 Å². The molecule has 496 valence electrons. The average Bonchev–Trinajstić information content (AvgIpc) is 3.69. The van der Waals surface area contributed by atoms with Gasteiger partial charge < -0.3 is 28.5 Å². The Morgan fingerprint density at radius 2 is 0.744 bits per heavy atom. The lowest BCUT2D eigenvalue weighted by Gasteiger charge is -2.30. The number of carbonyl (C=O) groups is 2. The first-order chi connectivity index (χ1) is 41.9. The van der Waals surface area contributed by atoms with E-state index in [0.29, 0.717) is 23.9 Å². The Hall–Kier alpha value is -3.33. The second-order valence-electron chi connectivity index (χ2n) is 25.0. The fourth-order valence-corrected chi connectivity index (χ4v) is 10.7. The van der Waals surface area contributed by atoms with Crippen molar-refractivity contribution < 1.29 is 37.3 Å². The fraction of sp³-hybridized carbons (Fsp3) is 0.737. The molecule has 9 nitrogen and oxygen atoms in total. The molecule has 0 saturated heterocycles. The van der Waals surface area contributed by atoms with E-state index in [2.05, 4.69) is 123 Å². The molecule has 0 aromatic rings. The number of nitrogens with zero attached hydrogens (tertiary/aromatic N) is 1.